The predicted octanol–water partition coefficient (Wildman–Crippen LogP) is 4.31. The highest BCUT2D eigenvalue weighted by Crippen LogP contribution is 2.26. The minimum absolute atomic E-state index is 0.244. The maximum Gasteiger partial charge on any atom is 0.258 e. The molecule has 25 heavy (non-hydrogen) atoms. The third-order valence-electron chi connectivity index (χ3n) is 3.50. The number of amides is 1. The predicted molar refractivity (Wildman–Crippen MR) is 92.6 cm³/mol. The SMILES string of the molecule is O=C(COc1cccc(F)c1)N[C@@H](c1ccc(F)cc1)c1cccs1. The average Bonchev–Trinajstić information content (AvgIpc) is 3.13. The Kier molecular flexibility index (Phi) is 5.40. The second-order valence-corrected chi connectivity index (χ2v) is 6.29. The van der Waals surface area contributed by atoms with Crippen LogP contribution in [0.3, 0.4) is 0 Å². The second kappa shape index (κ2) is 7.90. The van der Waals surface area contributed by atoms with Gasteiger partial charge in [0.15, 0.2) is 6.61 Å². The highest BCUT2D eigenvalue weighted by molar-refractivity contribution is 7.10. The van der Waals surface area contributed by atoms with Gasteiger partial charge >= 0.3 is 0 Å². The third-order valence-corrected chi connectivity index (χ3v) is 4.44. The number of ether oxygens (including phenoxy) is 1. The topological polar surface area (TPSA) is 38.3 Å². The van der Waals surface area contributed by atoms with Gasteiger partial charge in [-0.3, -0.25) is 4.79 Å². The van der Waals surface area contributed by atoms with Gasteiger partial charge in [0.2, 0.25) is 0 Å². The van der Waals surface area contributed by atoms with Gasteiger partial charge in [0.05, 0.1) is 6.04 Å². The van der Waals surface area contributed by atoms with Crippen LogP contribution in [0.15, 0.2) is 66.0 Å². The Hall–Kier alpha value is -2.73. The van der Waals surface area contributed by atoms with E-state index in [4.69, 9.17) is 4.74 Å². The van der Waals surface area contributed by atoms with Crippen LogP contribution in [0.2, 0.25) is 0 Å². The molecule has 0 spiro atoms. The molecule has 128 valence electrons. The lowest BCUT2D eigenvalue weighted by molar-refractivity contribution is -0.123. The van der Waals surface area contributed by atoms with Crippen molar-refractivity contribution >= 4 is 17.2 Å². The van der Waals surface area contributed by atoms with Gasteiger partial charge in [-0.25, -0.2) is 8.78 Å². The van der Waals surface area contributed by atoms with Gasteiger partial charge in [-0.05, 0) is 41.3 Å². The number of carbonyl (C=O) groups excluding carboxylic acids is 1. The van der Waals surface area contributed by atoms with Crippen molar-refractivity contribution in [3.8, 4) is 5.75 Å². The van der Waals surface area contributed by atoms with Gasteiger partial charge in [0, 0.05) is 10.9 Å². The Morgan fingerprint density at radius 3 is 2.52 bits per heavy atom. The molecular weight excluding hydrogens is 344 g/mol. The number of rotatable bonds is 6. The molecule has 2 aromatic carbocycles. The van der Waals surface area contributed by atoms with E-state index in [-0.39, 0.29) is 24.1 Å². The lowest BCUT2D eigenvalue weighted by Crippen LogP contribution is -2.32. The summed E-state index contributed by atoms with van der Waals surface area (Å²) in [6, 6.07) is 14.9. The van der Waals surface area contributed by atoms with Crippen molar-refractivity contribution in [3.63, 3.8) is 0 Å². The first-order chi connectivity index (χ1) is 12.1. The standard InChI is InChI=1S/C19H15F2NO2S/c20-14-8-6-13(7-9-14)19(17-5-2-10-25-17)22-18(23)12-24-16-4-1-3-15(21)11-16/h1-11,19H,12H2,(H,22,23)/t19-/m0/s1. The summed E-state index contributed by atoms with van der Waals surface area (Å²) in [4.78, 5) is 13.2. The van der Waals surface area contributed by atoms with E-state index in [0.717, 1.165) is 10.4 Å². The number of carbonyl (C=O) groups is 1. The first kappa shape index (κ1) is 17.1. The molecule has 1 aromatic heterocycles. The molecule has 0 radical (unpaired) electrons. The van der Waals surface area contributed by atoms with Crippen molar-refractivity contribution in [3.05, 3.63) is 88.1 Å². The molecule has 3 rings (SSSR count). The summed E-state index contributed by atoms with van der Waals surface area (Å²) < 4.78 is 31.6. The molecule has 0 bridgehead atoms. The van der Waals surface area contributed by atoms with Crippen LogP contribution in [0.5, 0.6) is 5.75 Å². The zero-order valence-electron chi connectivity index (χ0n) is 13.1. The molecule has 1 heterocycles. The van der Waals surface area contributed by atoms with E-state index < -0.39 is 11.9 Å². The Labute approximate surface area is 147 Å². The molecule has 6 heteroatoms. The van der Waals surface area contributed by atoms with Crippen molar-refractivity contribution < 1.29 is 18.3 Å². The van der Waals surface area contributed by atoms with E-state index in [1.54, 1.807) is 18.2 Å². The average molecular weight is 359 g/mol. The number of nitrogens with one attached hydrogen (secondary N) is 1. The molecule has 0 saturated carbocycles. The van der Waals surface area contributed by atoms with Crippen LogP contribution in [0.25, 0.3) is 0 Å². The first-order valence-electron chi connectivity index (χ1n) is 7.58. The van der Waals surface area contributed by atoms with Crippen molar-refractivity contribution in [1.82, 2.24) is 5.32 Å². The summed E-state index contributed by atoms with van der Waals surface area (Å²) in [5.74, 6) is -0.841. The minimum atomic E-state index is -0.430. The van der Waals surface area contributed by atoms with Crippen LogP contribution in [0, 0.1) is 11.6 Å². The molecule has 3 nitrogen and oxygen atoms in total. The van der Waals surface area contributed by atoms with Gasteiger partial charge in [-0.15, -0.1) is 11.3 Å². The quantitative estimate of drug-likeness (QED) is 0.712. The lowest BCUT2D eigenvalue weighted by atomic mass is 10.1. The van der Waals surface area contributed by atoms with E-state index >= 15 is 0 Å². The number of hydrogen-bond acceptors (Lipinski definition) is 3. The number of halogens is 2. The second-order valence-electron chi connectivity index (χ2n) is 5.31. The molecule has 1 atom stereocenters. The Balaban J connectivity index is 1.69. The maximum atomic E-state index is 13.2. The number of thiophene rings is 1. The summed E-state index contributed by atoms with van der Waals surface area (Å²) in [5.41, 5.74) is 0.767. The summed E-state index contributed by atoms with van der Waals surface area (Å²) >= 11 is 1.49. The van der Waals surface area contributed by atoms with Crippen LogP contribution in [-0.4, -0.2) is 12.5 Å². The zero-order valence-corrected chi connectivity index (χ0v) is 13.9. The Morgan fingerprint density at radius 1 is 1.04 bits per heavy atom. The van der Waals surface area contributed by atoms with Crippen LogP contribution >= 0.6 is 11.3 Å². The van der Waals surface area contributed by atoms with Crippen molar-refractivity contribution in [2.24, 2.45) is 0 Å². The Morgan fingerprint density at radius 2 is 1.84 bits per heavy atom. The molecule has 0 aliphatic carbocycles. The monoisotopic (exact) mass is 359 g/mol. The molecule has 0 aliphatic rings. The summed E-state index contributed by atoms with van der Waals surface area (Å²) in [7, 11) is 0. The molecule has 0 fully saturated rings. The van der Waals surface area contributed by atoms with E-state index in [1.807, 2.05) is 17.5 Å². The van der Waals surface area contributed by atoms with Crippen LogP contribution in [0.1, 0.15) is 16.5 Å². The number of hydrogen-bond donors (Lipinski definition) is 1. The third kappa shape index (κ3) is 4.64. The Bertz CT molecular complexity index is 835. The fourth-order valence-corrected chi connectivity index (χ4v) is 3.14. The fourth-order valence-electron chi connectivity index (χ4n) is 2.34. The van der Waals surface area contributed by atoms with Gasteiger partial charge in [0.1, 0.15) is 17.4 Å². The van der Waals surface area contributed by atoms with Gasteiger partial charge < -0.3 is 10.1 Å². The number of benzene rings is 2. The van der Waals surface area contributed by atoms with Crippen molar-refractivity contribution in [2.75, 3.05) is 6.61 Å². The summed E-state index contributed by atoms with van der Waals surface area (Å²) in [6.07, 6.45) is 0. The molecule has 0 saturated heterocycles. The largest absolute Gasteiger partial charge is 0.484 e. The van der Waals surface area contributed by atoms with Gasteiger partial charge in [-0.1, -0.05) is 24.3 Å². The van der Waals surface area contributed by atoms with Gasteiger partial charge in [-0.2, -0.15) is 0 Å². The molecule has 0 aliphatic heterocycles. The molecule has 3 aromatic rings. The molecular formula is C19H15F2NO2S. The zero-order chi connectivity index (χ0) is 17.6. The highest BCUT2D eigenvalue weighted by atomic mass is 32.1. The van der Waals surface area contributed by atoms with Crippen LogP contribution in [-0.2, 0) is 4.79 Å². The van der Waals surface area contributed by atoms with Crippen molar-refractivity contribution in [1.29, 1.82) is 0 Å². The van der Waals surface area contributed by atoms with E-state index in [1.165, 1.54) is 41.7 Å². The first-order valence-corrected chi connectivity index (χ1v) is 8.46. The fraction of sp³-hybridized carbons (Fsp3) is 0.105. The lowest BCUT2D eigenvalue weighted by Gasteiger charge is -2.18. The van der Waals surface area contributed by atoms with Gasteiger partial charge in [0.25, 0.3) is 5.91 Å². The minimum Gasteiger partial charge on any atom is -0.484 e. The molecule has 0 unspecified atom stereocenters. The molecule has 1 N–H and O–H groups in total. The summed E-state index contributed by atoms with van der Waals surface area (Å²) in [6.45, 7) is -0.244. The van der Waals surface area contributed by atoms with E-state index in [0.29, 0.717) is 0 Å². The summed E-state index contributed by atoms with van der Waals surface area (Å²) in [5, 5.41) is 4.77. The normalized spacial score (nSPS) is 11.8. The van der Waals surface area contributed by atoms with E-state index in [2.05, 4.69) is 5.32 Å². The highest BCUT2D eigenvalue weighted by Gasteiger charge is 2.18. The van der Waals surface area contributed by atoms with E-state index in [9.17, 15) is 13.6 Å². The molecule has 1 amide bonds. The maximum absolute atomic E-state index is 13.2. The van der Waals surface area contributed by atoms with Crippen LogP contribution in [0.4, 0.5) is 8.78 Å². The smallest absolute Gasteiger partial charge is 0.258 e. The van der Waals surface area contributed by atoms with Crippen LogP contribution < -0.4 is 10.1 Å². The van der Waals surface area contributed by atoms with Crippen molar-refractivity contribution in [2.45, 2.75) is 6.04 Å².